The first kappa shape index (κ1) is 24.0. The molecule has 4 N–H and O–H groups in total. The molecular formula is C25H23N5O4S. The summed E-state index contributed by atoms with van der Waals surface area (Å²) in [4.78, 5) is 21.6. The van der Waals surface area contributed by atoms with Gasteiger partial charge in [0.25, 0.3) is 0 Å². The van der Waals surface area contributed by atoms with E-state index in [1.54, 1.807) is 30.5 Å². The van der Waals surface area contributed by atoms with Crippen LogP contribution in [0.1, 0.15) is 11.3 Å². The Kier molecular flexibility index (Phi) is 6.85. The Morgan fingerprint density at radius 3 is 2.43 bits per heavy atom. The molecule has 0 fully saturated rings. The minimum Gasteiger partial charge on any atom is -0.480 e. The molecule has 1 atom stereocenters. The number of hydrogen-bond donors (Lipinski definition) is 3. The fourth-order valence-corrected chi connectivity index (χ4v) is 5.23. The normalized spacial score (nSPS) is 13.1. The van der Waals surface area contributed by atoms with Crippen molar-refractivity contribution in [2.45, 2.75) is 16.2 Å². The molecule has 178 valence electrons. The summed E-state index contributed by atoms with van der Waals surface area (Å²) in [6, 6.07) is 20.5. The van der Waals surface area contributed by atoms with Crippen LogP contribution >= 0.6 is 0 Å². The zero-order valence-corrected chi connectivity index (χ0v) is 19.4. The lowest BCUT2D eigenvalue weighted by Gasteiger charge is -2.29. The molecule has 0 aliphatic heterocycles. The molecule has 0 amide bonds. The number of nitrogens with two attached hydrogens (primary N) is 1. The SMILES string of the molecule is NC(Cc1ccc(-c2ccccn2)cc1)(c1cccc(NCC(=O)O)n1)S(=O)(=O)c1cccnc1. The third kappa shape index (κ3) is 5.18. The zero-order chi connectivity index (χ0) is 24.9. The van der Waals surface area contributed by atoms with Crippen molar-refractivity contribution < 1.29 is 18.3 Å². The van der Waals surface area contributed by atoms with Crippen molar-refractivity contribution in [3.63, 3.8) is 0 Å². The average molecular weight is 490 g/mol. The van der Waals surface area contributed by atoms with Gasteiger partial charge in [0.05, 0.1) is 16.3 Å². The summed E-state index contributed by atoms with van der Waals surface area (Å²) < 4.78 is 27.6. The molecule has 0 aliphatic carbocycles. The first-order chi connectivity index (χ1) is 16.8. The average Bonchev–Trinajstić information content (AvgIpc) is 2.89. The van der Waals surface area contributed by atoms with E-state index in [0.717, 1.165) is 11.3 Å². The second-order valence-corrected chi connectivity index (χ2v) is 10.0. The van der Waals surface area contributed by atoms with Crippen molar-refractivity contribution in [2.24, 2.45) is 5.73 Å². The van der Waals surface area contributed by atoms with Crippen LogP contribution in [-0.4, -0.2) is 41.0 Å². The summed E-state index contributed by atoms with van der Waals surface area (Å²) >= 11 is 0. The number of aliphatic carboxylic acids is 1. The monoisotopic (exact) mass is 489 g/mol. The zero-order valence-electron chi connectivity index (χ0n) is 18.6. The molecule has 3 heterocycles. The quantitative estimate of drug-likeness (QED) is 0.323. The number of sulfone groups is 1. The highest BCUT2D eigenvalue weighted by Gasteiger charge is 2.44. The Morgan fingerprint density at radius 1 is 0.971 bits per heavy atom. The molecule has 3 aromatic heterocycles. The van der Waals surface area contributed by atoms with Gasteiger partial charge in [0.2, 0.25) is 9.84 Å². The lowest BCUT2D eigenvalue weighted by molar-refractivity contribution is -0.134. The van der Waals surface area contributed by atoms with Crippen LogP contribution in [0.3, 0.4) is 0 Å². The first-order valence-electron chi connectivity index (χ1n) is 10.7. The standard InChI is InChI=1S/C25H23N5O4S/c26-25(35(33,34)20-5-4-13-27-16-20,22-7-3-8-23(30-22)29-17-24(31)32)15-18-9-11-19(12-10-18)21-6-1-2-14-28-21/h1-14,16H,15,17,26H2,(H,29,30)(H,31,32). The van der Waals surface area contributed by atoms with E-state index in [1.807, 2.05) is 30.3 Å². The highest BCUT2D eigenvalue weighted by molar-refractivity contribution is 7.92. The second-order valence-electron chi connectivity index (χ2n) is 7.83. The molecule has 0 saturated heterocycles. The van der Waals surface area contributed by atoms with E-state index >= 15 is 0 Å². The summed E-state index contributed by atoms with van der Waals surface area (Å²) in [7, 11) is -4.17. The number of rotatable bonds is 9. The molecule has 0 saturated carbocycles. The van der Waals surface area contributed by atoms with Crippen molar-refractivity contribution >= 4 is 21.6 Å². The topological polar surface area (TPSA) is 148 Å². The molecule has 0 aliphatic rings. The molecule has 0 spiro atoms. The fourth-order valence-electron chi connectivity index (χ4n) is 3.60. The number of anilines is 1. The molecule has 1 aromatic carbocycles. The Labute approximate surface area is 202 Å². The predicted molar refractivity (Wildman–Crippen MR) is 131 cm³/mol. The van der Waals surface area contributed by atoms with Crippen molar-refractivity contribution in [3.05, 3.63) is 103 Å². The largest absolute Gasteiger partial charge is 0.480 e. The number of hydrogen-bond acceptors (Lipinski definition) is 8. The molecule has 4 aromatic rings. The van der Waals surface area contributed by atoms with E-state index in [1.165, 1.54) is 30.6 Å². The van der Waals surface area contributed by atoms with Crippen LogP contribution in [0.5, 0.6) is 0 Å². The minimum atomic E-state index is -4.17. The van der Waals surface area contributed by atoms with Crippen molar-refractivity contribution in [3.8, 4) is 11.3 Å². The van der Waals surface area contributed by atoms with Crippen LogP contribution in [0, 0.1) is 0 Å². The molecule has 10 heteroatoms. The molecule has 9 nitrogen and oxygen atoms in total. The second kappa shape index (κ2) is 10.00. The molecular weight excluding hydrogens is 466 g/mol. The van der Waals surface area contributed by atoms with Gasteiger partial charge in [-0.05, 0) is 42.0 Å². The van der Waals surface area contributed by atoms with Gasteiger partial charge in [-0.25, -0.2) is 13.4 Å². The molecule has 0 radical (unpaired) electrons. The van der Waals surface area contributed by atoms with Crippen LogP contribution < -0.4 is 11.1 Å². The Balaban J connectivity index is 1.75. The Hall–Kier alpha value is -4.15. The Morgan fingerprint density at radius 2 is 1.77 bits per heavy atom. The van der Waals surface area contributed by atoms with E-state index in [4.69, 9.17) is 10.8 Å². The van der Waals surface area contributed by atoms with Gasteiger partial charge in [-0.1, -0.05) is 36.4 Å². The van der Waals surface area contributed by atoms with Gasteiger partial charge in [0.15, 0.2) is 4.87 Å². The smallest absolute Gasteiger partial charge is 0.322 e. The van der Waals surface area contributed by atoms with Crippen LogP contribution in [0.25, 0.3) is 11.3 Å². The number of carbonyl (C=O) groups is 1. The third-order valence-electron chi connectivity index (χ3n) is 5.41. The highest BCUT2D eigenvalue weighted by Crippen LogP contribution is 2.34. The summed E-state index contributed by atoms with van der Waals surface area (Å²) in [6.45, 7) is -0.377. The maximum absolute atomic E-state index is 13.8. The van der Waals surface area contributed by atoms with Crippen LogP contribution in [0.2, 0.25) is 0 Å². The van der Waals surface area contributed by atoms with Crippen LogP contribution in [0.15, 0.2) is 96.3 Å². The predicted octanol–water partition coefficient (Wildman–Crippen LogP) is 2.86. The summed E-state index contributed by atoms with van der Waals surface area (Å²) in [6.07, 6.45) is 4.34. The molecule has 35 heavy (non-hydrogen) atoms. The Bertz CT molecular complexity index is 1420. The van der Waals surface area contributed by atoms with Gasteiger partial charge in [0, 0.05) is 30.6 Å². The van der Waals surface area contributed by atoms with E-state index in [2.05, 4.69) is 20.3 Å². The molecule has 4 rings (SSSR count). The summed E-state index contributed by atoms with van der Waals surface area (Å²) in [5, 5.41) is 11.6. The van der Waals surface area contributed by atoms with Crippen LogP contribution in [-0.2, 0) is 25.9 Å². The van der Waals surface area contributed by atoms with Gasteiger partial charge >= 0.3 is 5.97 Å². The van der Waals surface area contributed by atoms with Crippen molar-refractivity contribution in [1.82, 2.24) is 15.0 Å². The van der Waals surface area contributed by atoms with Crippen molar-refractivity contribution in [2.75, 3.05) is 11.9 Å². The lowest BCUT2D eigenvalue weighted by atomic mass is 10.0. The van der Waals surface area contributed by atoms with Crippen molar-refractivity contribution in [1.29, 1.82) is 0 Å². The number of benzene rings is 1. The van der Waals surface area contributed by atoms with E-state index in [0.29, 0.717) is 5.56 Å². The molecule has 1 unspecified atom stereocenters. The van der Waals surface area contributed by atoms with E-state index in [-0.39, 0.29) is 29.4 Å². The number of pyridine rings is 3. The van der Waals surface area contributed by atoms with Gasteiger partial charge in [-0.3, -0.25) is 14.8 Å². The van der Waals surface area contributed by atoms with Gasteiger partial charge in [-0.15, -0.1) is 0 Å². The summed E-state index contributed by atoms with van der Waals surface area (Å²) in [5.41, 5.74) is 9.12. The van der Waals surface area contributed by atoms with Gasteiger partial charge in [-0.2, -0.15) is 0 Å². The van der Waals surface area contributed by atoms with E-state index in [9.17, 15) is 13.2 Å². The first-order valence-corrected chi connectivity index (χ1v) is 12.1. The van der Waals surface area contributed by atoms with E-state index < -0.39 is 20.7 Å². The number of nitrogens with one attached hydrogen (secondary N) is 1. The maximum atomic E-state index is 13.8. The molecule has 0 bridgehead atoms. The third-order valence-corrected chi connectivity index (χ3v) is 7.58. The van der Waals surface area contributed by atoms with Crippen LogP contribution in [0.4, 0.5) is 5.82 Å². The lowest BCUT2D eigenvalue weighted by Crippen LogP contribution is -2.47. The summed E-state index contributed by atoms with van der Waals surface area (Å²) in [5.74, 6) is -0.876. The number of carboxylic acids is 1. The number of nitrogens with zero attached hydrogens (tertiary/aromatic N) is 3. The van der Waals surface area contributed by atoms with Gasteiger partial charge < -0.3 is 16.2 Å². The number of carboxylic acid groups (broad SMARTS) is 1. The fraction of sp³-hybridized carbons (Fsp3) is 0.120. The van der Waals surface area contributed by atoms with Gasteiger partial charge in [0.1, 0.15) is 12.4 Å². The highest BCUT2D eigenvalue weighted by atomic mass is 32.2. The maximum Gasteiger partial charge on any atom is 0.322 e. The minimum absolute atomic E-state index is 0.0432. The number of aromatic nitrogens is 3.